The van der Waals surface area contributed by atoms with E-state index in [0.29, 0.717) is 0 Å². The van der Waals surface area contributed by atoms with Crippen molar-refractivity contribution in [3.8, 4) is 0 Å². The van der Waals surface area contributed by atoms with Crippen molar-refractivity contribution in [3.63, 3.8) is 0 Å². The second kappa shape index (κ2) is 2.70. The molecule has 0 aliphatic carbocycles. The van der Waals surface area contributed by atoms with Gasteiger partial charge >= 0.3 is 0 Å². The minimum atomic E-state index is 0.116. The fraction of sp³-hybridized carbons (Fsp3) is 0.400. The molecule has 12 heavy (non-hydrogen) atoms. The van der Waals surface area contributed by atoms with E-state index < -0.39 is 0 Å². The lowest BCUT2D eigenvalue weighted by molar-refractivity contribution is 0.108. The molecule has 0 radical (unpaired) electrons. The van der Waals surface area contributed by atoms with Crippen molar-refractivity contribution >= 4 is 0 Å². The molecule has 2 nitrogen and oxygen atoms in total. The van der Waals surface area contributed by atoms with Gasteiger partial charge in [0.2, 0.25) is 0 Å². The van der Waals surface area contributed by atoms with E-state index in [0.717, 1.165) is 12.2 Å². The molecule has 2 heterocycles. The largest absolute Gasteiger partial charge is 0.470 e. The Morgan fingerprint density at radius 2 is 2.42 bits per heavy atom. The van der Waals surface area contributed by atoms with Crippen LogP contribution < -0.4 is 0 Å². The number of fused-ring (bicyclic) bond motifs is 1. The predicted octanol–water partition coefficient (Wildman–Crippen LogP) is 2.37. The first-order valence-corrected chi connectivity index (χ1v) is 4.31. The fourth-order valence-corrected chi connectivity index (χ4v) is 1.47. The zero-order valence-electron chi connectivity index (χ0n) is 7.45. The van der Waals surface area contributed by atoms with Crippen molar-refractivity contribution in [2.24, 2.45) is 0 Å². The van der Waals surface area contributed by atoms with Gasteiger partial charge in [-0.2, -0.15) is 0 Å². The number of nitrogens with zero attached hydrogens (tertiary/aromatic N) is 1. The van der Waals surface area contributed by atoms with Gasteiger partial charge in [0.1, 0.15) is 5.76 Å². The summed E-state index contributed by atoms with van der Waals surface area (Å²) in [5.41, 5.74) is 1.35. The van der Waals surface area contributed by atoms with Gasteiger partial charge in [-0.1, -0.05) is 6.92 Å². The standard InChI is InChI=1S/C10H13NO/c1-3-9-4-5-11-7-8(2)12-10(11)6-9/h4-7,10H,3H2,1-2H3. The summed E-state index contributed by atoms with van der Waals surface area (Å²) in [6.07, 6.45) is 9.57. The summed E-state index contributed by atoms with van der Waals surface area (Å²) in [6.45, 7) is 4.13. The molecular formula is C10H13NO. The molecule has 1 atom stereocenters. The predicted molar refractivity (Wildman–Crippen MR) is 48.0 cm³/mol. The number of hydrogen-bond donors (Lipinski definition) is 0. The molecule has 0 amide bonds. The van der Waals surface area contributed by atoms with Crippen molar-refractivity contribution in [1.82, 2.24) is 4.90 Å². The van der Waals surface area contributed by atoms with Gasteiger partial charge in [-0.3, -0.25) is 0 Å². The Kier molecular flexibility index (Phi) is 1.68. The third-order valence-corrected chi connectivity index (χ3v) is 2.16. The topological polar surface area (TPSA) is 12.5 Å². The lowest BCUT2D eigenvalue weighted by Crippen LogP contribution is -2.23. The van der Waals surface area contributed by atoms with Crippen molar-refractivity contribution in [2.45, 2.75) is 26.5 Å². The third kappa shape index (κ3) is 1.13. The van der Waals surface area contributed by atoms with Crippen molar-refractivity contribution in [1.29, 1.82) is 0 Å². The molecule has 64 valence electrons. The molecule has 0 saturated heterocycles. The van der Waals surface area contributed by atoms with Crippen molar-refractivity contribution < 1.29 is 4.74 Å². The summed E-state index contributed by atoms with van der Waals surface area (Å²) < 4.78 is 5.56. The molecule has 1 unspecified atom stereocenters. The zero-order valence-corrected chi connectivity index (χ0v) is 7.45. The lowest BCUT2D eigenvalue weighted by atomic mass is 10.1. The van der Waals surface area contributed by atoms with Gasteiger partial charge in [-0.15, -0.1) is 0 Å². The lowest BCUT2D eigenvalue weighted by Gasteiger charge is -2.21. The van der Waals surface area contributed by atoms with E-state index in [4.69, 9.17) is 4.74 Å². The molecule has 0 aromatic carbocycles. The molecular weight excluding hydrogens is 150 g/mol. The molecule has 0 fully saturated rings. The Bertz CT molecular complexity index is 276. The summed E-state index contributed by atoms with van der Waals surface area (Å²) in [5.74, 6) is 0.984. The van der Waals surface area contributed by atoms with Gasteiger partial charge in [0, 0.05) is 12.4 Å². The third-order valence-electron chi connectivity index (χ3n) is 2.16. The molecule has 0 N–H and O–H groups in total. The quantitative estimate of drug-likeness (QED) is 0.588. The monoisotopic (exact) mass is 163 g/mol. The highest BCUT2D eigenvalue weighted by atomic mass is 16.5. The van der Waals surface area contributed by atoms with Crippen LogP contribution in [-0.2, 0) is 4.74 Å². The van der Waals surface area contributed by atoms with E-state index >= 15 is 0 Å². The van der Waals surface area contributed by atoms with E-state index in [1.807, 2.05) is 13.1 Å². The van der Waals surface area contributed by atoms with Gasteiger partial charge in [-0.25, -0.2) is 0 Å². The van der Waals surface area contributed by atoms with E-state index in [9.17, 15) is 0 Å². The summed E-state index contributed by atoms with van der Waals surface area (Å²) in [7, 11) is 0. The van der Waals surface area contributed by atoms with Crippen LogP contribution in [0.5, 0.6) is 0 Å². The molecule has 0 aromatic rings. The Labute approximate surface area is 72.8 Å². The second-order valence-electron chi connectivity index (χ2n) is 3.11. The minimum absolute atomic E-state index is 0.116. The SMILES string of the molecule is CCC1=CC2OC(C)=CN2C=C1. The normalized spacial score (nSPS) is 26.2. The summed E-state index contributed by atoms with van der Waals surface area (Å²) in [5, 5.41) is 0. The second-order valence-corrected chi connectivity index (χ2v) is 3.11. The summed E-state index contributed by atoms with van der Waals surface area (Å²) in [6, 6.07) is 0. The molecule has 2 rings (SSSR count). The molecule has 2 aliphatic rings. The smallest absolute Gasteiger partial charge is 0.195 e. The summed E-state index contributed by atoms with van der Waals surface area (Å²) >= 11 is 0. The van der Waals surface area contributed by atoms with Gasteiger partial charge in [-0.05, 0) is 31.1 Å². The number of hydrogen-bond acceptors (Lipinski definition) is 2. The van der Waals surface area contributed by atoms with Gasteiger partial charge in [0.25, 0.3) is 0 Å². The maximum absolute atomic E-state index is 5.56. The Morgan fingerprint density at radius 3 is 3.17 bits per heavy atom. The molecule has 0 spiro atoms. The number of rotatable bonds is 1. The maximum atomic E-state index is 5.56. The highest BCUT2D eigenvalue weighted by Crippen LogP contribution is 2.24. The molecule has 2 heteroatoms. The first-order valence-electron chi connectivity index (χ1n) is 4.31. The van der Waals surface area contributed by atoms with Crippen LogP contribution in [0, 0.1) is 0 Å². The van der Waals surface area contributed by atoms with Crippen LogP contribution in [0.2, 0.25) is 0 Å². The average Bonchev–Trinajstić information content (AvgIpc) is 2.43. The first kappa shape index (κ1) is 7.47. The Morgan fingerprint density at radius 1 is 1.58 bits per heavy atom. The molecule has 0 bridgehead atoms. The van der Waals surface area contributed by atoms with Crippen LogP contribution in [0.1, 0.15) is 20.3 Å². The van der Waals surface area contributed by atoms with Crippen LogP contribution in [0.3, 0.4) is 0 Å². The van der Waals surface area contributed by atoms with E-state index in [2.05, 4.69) is 30.2 Å². The fourth-order valence-electron chi connectivity index (χ4n) is 1.47. The number of ether oxygens (including phenoxy) is 1. The Balaban J connectivity index is 2.18. The van der Waals surface area contributed by atoms with Crippen LogP contribution in [0.25, 0.3) is 0 Å². The van der Waals surface area contributed by atoms with Gasteiger partial charge in [0.15, 0.2) is 6.23 Å². The van der Waals surface area contributed by atoms with Crippen molar-refractivity contribution in [2.75, 3.05) is 0 Å². The first-order chi connectivity index (χ1) is 5.79. The minimum Gasteiger partial charge on any atom is -0.470 e. The molecule has 0 aromatic heterocycles. The van der Waals surface area contributed by atoms with Crippen LogP contribution in [-0.4, -0.2) is 11.1 Å². The van der Waals surface area contributed by atoms with Crippen LogP contribution >= 0.6 is 0 Å². The van der Waals surface area contributed by atoms with Crippen LogP contribution in [0.15, 0.2) is 35.9 Å². The Hall–Kier alpha value is -1.18. The van der Waals surface area contributed by atoms with Crippen molar-refractivity contribution in [3.05, 3.63) is 35.9 Å². The van der Waals surface area contributed by atoms with E-state index in [-0.39, 0.29) is 6.23 Å². The van der Waals surface area contributed by atoms with E-state index in [1.54, 1.807) is 0 Å². The molecule has 0 saturated carbocycles. The van der Waals surface area contributed by atoms with Crippen LogP contribution in [0.4, 0.5) is 0 Å². The van der Waals surface area contributed by atoms with Gasteiger partial charge < -0.3 is 9.64 Å². The summed E-state index contributed by atoms with van der Waals surface area (Å²) in [4.78, 5) is 2.08. The van der Waals surface area contributed by atoms with Gasteiger partial charge in [0.05, 0.1) is 0 Å². The highest BCUT2D eigenvalue weighted by Gasteiger charge is 2.22. The molecule has 2 aliphatic heterocycles. The van der Waals surface area contributed by atoms with E-state index in [1.165, 1.54) is 5.57 Å². The maximum Gasteiger partial charge on any atom is 0.195 e. The zero-order chi connectivity index (χ0) is 8.55. The number of allylic oxidation sites excluding steroid dienone is 3. The highest BCUT2D eigenvalue weighted by molar-refractivity contribution is 5.26. The average molecular weight is 163 g/mol.